The average molecular weight is 244 g/mol. The lowest BCUT2D eigenvalue weighted by Crippen LogP contribution is -1.97. The molecule has 1 aliphatic rings. The largest absolute Gasteiger partial charge is 0.384 e. The van der Waals surface area contributed by atoms with Crippen LogP contribution in [0.25, 0.3) is 0 Å². The Labute approximate surface area is 106 Å². The van der Waals surface area contributed by atoms with E-state index in [-0.39, 0.29) is 0 Å². The van der Waals surface area contributed by atoms with Gasteiger partial charge in [0.15, 0.2) is 0 Å². The van der Waals surface area contributed by atoms with Gasteiger partial charge < -0.3 is 5.11 Å². The van der Waals surface area contributed by atoms with Crippen LogP contribution in [0, 0.1) is 6.92 Å². The molecule has 1 atom stereocenters. The summed E-state index contributed by atoms with van der Waals surface area (Å²) in [5.74, 6) is 0.782. The van der Waals surface area contributed by atoms with E-state index in [1.54, 1.807) is 11.3 Å². The van der Waals surface area contributed by atoms with Crippen molar-refractivity contribution in [1.82, 2.24) is 0 Å². The Hall–Kier alpha value is -1.12. The minimum Gasteiger partial charge on any atom is -0.384 e. The Morgan fingerprint density at radius 2 is 1.88 bits per heavy atom. The Morgan fingerprint density at radius 1 is 1.18 bits per heavy atom. The van der Waals surface area contributed by atoms with Crippen LogP contribution in [-0.2, 0) is 0 Å². The highest BCUT2D eigenvalue weighted by atomic mass is 32.1. The highest BCUT2D eigenvalue weighted by Crippen LogP contribution is 2.40. The minimum atomic E-state index is -0.479. The van der Waals surface area contributed by atoms with Crippen molar-refractivity contribution in [2.45, 2.75) is 31.8 Å². The molecule has 88 valence electrons. The maximum absolute atomic E-state index is 10.3. The van der Waals surface area contributed by atoms with Crippen molar-refractivity contribution < 1.29 is 5.11 Å². The summed E-state index contributed by atoms with van der Waals surface area (Å²) >= 11 is 1.69. The minimum absolute atomic E-state index is 0.479. The van der Waals surface area contributed by atoms with Gasteiger partial charge in [0.2, 0.25) is 0 Å². The van der Waals surface area contributed by atoms with E-state index in [2.05, 4.69) is 37.3 Å². The molecule has 1 fully saturated rings. The van der Waals surface area contributed by atoms with E-state index in [4.69, 9.17) is 0 Å². The molecule has 1 saturated carbocycles. The van der Waals surface area contributed by atoms with Crippen LogP contribution in [0.1, 0.15) is 46.4 Å². The van der Waals surface area contributed by atoms with Crippen LogP contribution in [0.4, 0.5) is 0 Å². The highest BCUT2D eigenvalue weighted by molar-refractivity contribution is 7.10. The zero-order valence-electron chi connectivity index (χ0n) is 9.89. The van der Waals surface area contributed by atoms with Gasteiger partial charge in [-0.1, -0.05) is 24.3 Å². The van der Waals surface area contributed by atoms with Crippen LogP contribution < -0.4 is 0 Å². The Balaban J connectivity index is 1.83. The zero-order chi connectivity index (χ0) is 11.8. The zero-order valence-corrected chi connectivity index (χ0v) is 10.7. The van der Waals surface area contributed by atoms with Gasteiger partial charge in [-0.3, -0.25) is 0 Å². The van der Waals surface area contributed by atoms with E-state index in [1.165, 1.54) is 23.3 Å². The molecule has 3 rings (SSSR count). The van der Waals surface area contributed by atoms with Crippen LogP contribution in [-0.4, -0.2) is 5.11 Å². The van der Waals surface area contributed by atoms with E-state index in [0.717, 1.165) is 17.0 Å². The smallest absolute Gasteiger partial charge is 0.105 e. The average Bonchev–Trinajstić information content (AvgIpc) is 3.11. The van der Waals surface area contributed by atoms with Crippen molar-refractivity contribution in [3.05, 3.63) is 57.3 Å². The van der Waals surface area contributed by atoms with Crippen molar-refractivity contribution >= 4 is 11.3 Å². The maximum Gasteiger partial charge on any atom is 0.105 e. The predicted octanol–water partition coefficient (Wildman–Crippen LogP) is 4.02. The van der Waals surface area contributed by atoms with Gasteiger partial charge in [-0.2, -0.15) is 0 Å². The number of benzene rings is 1. The van der Waals surface area contributed by atoms with Crippen LogP contribution in [0.2, 0.25) is 0 Å². The molecule has 1 aromatic carbocycles. The van der Waals surface area contributed by atoms with Gasteiger partial charge in [-0.05, 0) is 53.8 Å². The summed E-state index contributed by atoms with van der Waals surface area (Å²) < 4.78 is 0. The topological polar surface area (TPSA) is 20.2 Å². The summed E-state index contributed by atoms with van der Waals surface area (Å²) in [4.78, 5) is 1.24. The molecule has 1 nitrogen and oxygen atoms in total. The van der Waals surface area contributed by atoms with Crippen LogP contribution in [0.15, 0.2) is 35.7 Å². The second-order valence-corrected chi connectivity index (χ2v) is 5.95. The van der Waals surface area contributed by atoms with Crippen LogP contribution in [0.3, 0.4) is 0 Å². The van der Waals surface area contributed by atoms with Gasteiger partial charge in [0.25, 0.3) is 0 Å². The molecule has 0 amide bonds. The molecule has 1 aromatic heterocycles. The summed E-state index contributed by atoms with van der Waals surface area (Å²) in [5.41, 5.74) is 3.42. The van der Waals surface area contributed by atoms with Gasteiger partial charge >= 0.3 is 0 Å². The Bertz CT molecular complexity index is 508. The first kappa shape index (κ1) is 11.0. The summed E-state index contributed by atoms with van der Waals surface area (Å²) in [6.07, 6.45) is 2.17. The van der Waals surface area contributed by atoms with Gasteiger partial charge in [0.1, 0.15) is 6.10 Å². The number of aryl methyl sites for hydroxylation is 1. The van der Waals surface area contributed by atoms with Crippen molar-refractivity contribution in [3.8, 4) is 0 Å². The van der Waals surface area contributed by atoms with E-state index in [9.17, 15) is 5.11 Å². The van der Waals surface area contributed by atoms with Crippen molar-refractivity contribution in [3.63, 3.8) is 0 Å². The molecular formula is C15H16OS. The van der Waals surface area contributed by atoms with E-state index >= 15 is 0 Å². The fourth-order valence-electron chi connectivity index (χ4n) is 2.17. The number of rotatable bonds is 3. The lowest BCUT2D eigenvalue weighted by molar-refractivity contribution is 0.221. The van der Waals surface area contributed by atoms with Gasteiger partial charge in [-0.15, -0.1) is 11.3 Å². The Morgan fingerprint density at radius 3 is 2.41 bits per heavy atom. The lowest BCUT2D eigenvalue weighted by Gasteiger charge is -2.10. The third-order valence-electron chi connectivity index (χ3n) is 3.37. The molecule has 17 heavy (non-hydrogen) atoms. The van der Waals surface area contributed by atoms with Crippen LogP contribution >= 0.6 is 11.3 Å². The fraction of sp³-hybridized carbons (Fsp3) is 0.333. The van der Waals surface area contributed by atoms with Crippen LogP contribution in [0.5, 0.6) is 0 Å². The van der Waals surface area contributed by atoms with E-state index in [1.807, 2.05) is 5.38 Å². The lowest BCUT2D eigenvalue weighted by atomic mass is 10.0. The molecule has 1 aliphatic carbocycles. The number of aliphatic hydroxyl groups is 1. The highest BCUT2D eigenvalue weighted by Gasteiger charge is 2.23. The predicted molar refractivity (Wildman–Crippen MR) is 71.5 cm³/mol. The molecule has 0 saturated heterocycles. The molecule has 1 unspecified atom stereocenters. The van der Waals surface area contributed by atoms with Gasteiger partial charge in [-0.25, -0.2) is 0 Å². The summed E-state index contributed by atoms with van der Waals surface area (Å²) in [7, 11) is 0. The van der Waals surface area contributed by atoms with Crippen molar-refractivity contribution in [2.75, 3.05) is 0 Å². The quantitative estimate of drug-likeness (QED) is 0.864. The summed E-state index contributed by atoms with van der Waals surface area (Å²) in [6, 6.07) is 10.5. The molecule has 2 aromatic rings. The Kier molecular flexibility index (Phi) is 2.77. The summed E-state index contributed by atoms with van der Waals surface area (Å²) in [6.45, 7) is 2.07. The number of aliphatic hydroxyl groups excluding tert-OH is 1. The number of hydrogen-bond acceptors (Lipinski definition) is 2. The molecule has 1 N–H and O–H groups in total. The van der Waals surface area contributed by atoms with E-state index in [0.29, 0.717) is 0 Å². The van der Waals surface area contributed by atoms with Crippen molar-refractivity contribution in [2.24, 2.45) is 0 Å². The maximum atomic E-state index is 10.3. The first-order valence-corrected chi connectivity index (χ1v) is 6.95. The molecule has 1 heterocycles. The summed E-state index contributed by atoms with van der Waals surface area (Å²) in [5, 5.41) is 12.3. The number of hydrogen-bond donors (Lipinski definition) is 1. The third kappa shape index (κ3) is 2.28. The molecular weight excluding hydrogens is 228 g/mol. The molecule has 0 spiro atoms. The molecule has 0 aliphatic heterocycles. The molecule has 0 radical (unpaired) electrons. The molecule has 0 bridgehead atoms. The fourth-order valence-corrected chi connectivity index (χ4v) is 2.89. The van der Waals surface area contributed by atoms with Gasteiger partial charge in [0, 0.05) is 4.88 Å². The molecule has 2 heteroatoms. The monoisotopic (exact) mass is 244 g/mol. The third-order valence-corrected chi connectivity index (χ3v) is 4.25. The standard InChI is InChI=1S/C15H16OS/c1-10-8-14(9-17-10)15(16)13-6-4-12(5-7-13)11-2-3-11/h4-9,11,15-16H,2-3H2,1H3. The normalized spacial score (nSPS) is 17.1. The SMILES string of the molecule is Cc1cc(C(O)c2ccc(C3CC3)cc2)cs1. The van der Waals surface area contributed by atoms with E-state index < -0.39 is 6.10 Å². The van der Waals surface area contributed by atoms with Crippen molar-refractivity contribution in [1.29, 1.82) is 0 Å². The number of thiophene rings is 1. The second kappa shape index (κ2) is 4.28. The second-order valence-electron chi connectivity index (χ2n) is 4.83. The first-order valence-electron chi connectivity index (χ1n) is 6.07. The van der Waals surface area contributed by atoms with Gasteiger partial charge in [0.05, 0.1) is 0 Å². The first-order chi connectivity index (χ1) is 8.24.